The number of nitrogens with zero attached hydrogens (tertiary/aromatic N) is 2. The van der Waals surface area contributed by atoms with Crippen LogP contribution in [0, 0.1) is 11.3 Å². The SMILES string of the molecule is N#CC1=C(N)Oc2cc(N3CCCC3)ccc2C1c1ccccc1. The van der Waals surface area contributed by atoms with E-state index in [1.165, 1.54) is 12.8 Å². The van der Waals surface area contributed by atoms with Gasteiger partial charge in [0, 0.05) is 30.4 Å². The van der Waals surface area contributed by atoms with Gasteiger partial charge in [0.05, 0.1) is 5.92 Å². The summed E-state index contributed by atoms with van der Waals surface area (Å²) in [6.45, 7) is 2.16. The lowest BCUT2D eigenvalue weighted by Crippen LogP contribution is -2.22. The molecule has 120 valence electrons. The van der Waals surface area contributed by atoms with Crippen LogP contribution < -0.4 is 15.4 Å². The Kier molecular flexibility index (Phi) is 3.62. The van der Waals surface area contributed by atoms with E-state index in [0.717, 1.165) is 35.7 Å². The molecule has 0 bridgehead atoms. The van der Waals surface area contributed by atoms with E-state index in [9.17, 15) is 5.26 Å². The standard InChI is InChI=1S/C20H19N3O/c21-13-17-19(14-6-2-1-3-7-14)16-9-8-15(23-10-4-5-11-23)12-18(16)24-20(17)22/h1-3,6-9,12,19H,4-5,10-11,22H2. The maximum atomic E-state index is 9.57. The van der Waals surface area contributed by atoms with Crippen molar-refractivity contribution in [2.75, 3.05) is 18.0 Å². The minimum Gasteiger partial charge on any atom is -0.440 e. The average molecular weight is 317 g/mol. The Morgan fingerprint density at radius 2 is 1.83 bits per heavy atom. The molecule has 1 atom stereocenters. The average Bonchev–Trinajstić information content (AvgIpc) is 3.15. The molecule has 1 unspecified atom stereocenters. The van der Waals surface area contributed by atoms with E-state index in [1.807, 2.05) is 30.3 Å². The van der Waals surface area contributed by atoms with Gasteiger partial charge in [-0.15, -0.1) is 0 Å². The van der Waals surface area contributed by atoms with Gasteiger partial charge in [-0.1, -0.05) is 36.4 Å². The first-order valence-electron chi connectivity index (χ1n) is 8.29. The van der Waals surface area contributed by atoms with Crippen molar-refractivity contribution in [2.45, 2.75) is 18.8 Å². The predicted octanol–water partition coefficient (Wildman–Crippen LogP) is 3.50. The molecule has 0 saturated carbocycles. The number of hydrogen-bond donors (Lipinski definition) is 1. The highest BCUT2D eigenvalue weighted by Gasteiger charge is 2.31. The largest absolute Gasteiger partial charge is 0.440 e. The summed E-state index contributed by atoms with van der Waals surface area (Å²) in [5, 5.41) is 9.57. The smallest absolute Gasteiger partial charge is 0.205 e. The lowest BCUT2D eigenvalue weighted by atomic mass is 9.83. The highest BCUT2D eigenvalue weighted by atomic mass is 16.5. The van der Waals surface area contributed by atoms with E-state index in [4.69, 9.17) is 10.5 Å². The van der Waals surface area contributed by atoms with Crippen molar-refractivity contribution in [3.63, 3.8) is 0 Å². The summed E-state index contributed by atoms with van der Waals surface area (Å²) in [4.78, 5) is 2.36. The Morgan fingerprint density at radius 3 is 2.54 bits per heavy atom. The molecule has 0 aliphatic carbocycles. The van der Waals surface area contributed by atoms with Crippen molar-refractivity contribution in [2.24, 2.45) is 5.73 Å². The van der Waals surface area contributed by atoms with Gasteiger partial charge in [-0.25, -0.2) is 0 Å². The molecule has 0 radical (unpaired) electrons. The first kappa shape index (κ1) is 14.6. The zero-order valence-electron chi connectivity index (χ0n) is 13.4. The van der Waals surface area contributed by atoms with Crippen LogP contribution in [-0.2, 0) is 0 Å². The fourth-order valence-corrected chi connectivity index (χ4v) is 3.60. The van der Waals surface area contributed by atoms with E-state index in [2.05, 4.69) is 29.2 Å². The minimum absolute atomic E-state index is 0.174. The number of benzene rings is 2. The van der Waals surface area contributed by atoms with Gasteiger partial charge in [-0.2, -0.15) is 5.26 Å². The summed E-state index contributed by atoms with van der Waals surface area (Å²) in [7, 11) is 0. The fraction of sp³-hybridized carbons (Fsp3) is 0.250. The summed E-state index contributed by atoms with van der Waals surface area (Å²) in [6.07, 6.45) is 2.45. The molecule has 2 aliphatic rings. The van der Waals surface area contributed by atoms with Crippen molar-refractivity contribution in [3.05, 3.63) is 71.1 Å². The monoisotopic (exact) mass is 317 g/mol. The first-order valence-corrected chi connectivity index (χ1v) is 8.29. The van der Waals surface area contributed by atoms with E-state index in [-0.39, 0.29) is 11.8 Å². The third-order valence-electron chi connectivity index (χ3n) is 4.81. The zero-order chi connectivity index (χ0) is 16.5. The van der Waals surface area contributed by atoms with Crippen LogP contribution in [0.3, 0.4) is 0 Å². The molecule has 2 aromatic rings. The second-order valence-corrected chi connectivity index (χ2v) is 6.25. The van der Waals surface area contributed by atoms with Crippen LogP contribution in [0.5, 0.6) is 5.75 Å². The normalized spacial score (nSPS) is 19.6. The van der Waals surface area contributed by atoms with Crippen LogP contribution in [0.25, 0.3) is 0 Å². The molecule has 2 heterocycles. The minimum atomic E-state index is -0.174. The third kappa shape index (κ3) is 2.39. The Balaban J connectivity index is 1.81. The summed E-state index contributed by atoms with van der Waals surface area (Å²) in [6, 6.07) is 18.5. The van der Waals surface area contributed by atoms with E-state index in [1.54, 1.807) is 0 Å². The molecule has 2 aliphatic heterocycles. The molecule has 4 nitrogen and oxygen atoms in total. The molecule has 1 fully saturated rings. The van der Waals surface area contributed by atoms with Crippen LogP contribution in [0.15, 0.2) is 60.0 Å². The van der Waals surface area contributed by atoms with Crippen molar-refractivity contribution in [3.8, 4) is 11.8 Å². The molecule has 1 saturated heterocycles. The Morgan fingerprint density at radius 1 is 1.08 bits per heavy atom. The lowest BCUT2D eigenvalue weighted by Gasteiger charge is -2.28. The molecule has 2 N–H and O–H groups in total. The predicted molar refractivity (Wildman–Crippen MR) is 93.6 cm³/mol. The van der Waals surface area contributed by atoms with Gasteiger partial charge in [0.2, 0.25) is 5.88 Å². The lowest BCUT2D eigenvalue weighted by molar-refractivity contribution is 0.394. The number of nitriles is 1. The topological polar surface area (TPSA) is 62.3 Å². The Hall–Kier alpha value is -2.93. The molecule has 4 rings (SSSR count). The van der Waals surface area contributed by atoms with Crippen LogP contribution >= 0.6 is 0 Å². The molecule has 24 heavy (non-hydrogen) atoms. The number of rotatable bonds is 2. The van der Waals surface area contributed by atoms with Gasteiger partial charge in [0.15, 0.2) is 0 Å². The molecule has 2 aromatic carbocycles. The zero-order valence-corrected chi connectivity index (χ0v) is 13.4. The molecule has 0 spiro atoms. The number of nitrogens with two attached hydrogens (primary N) is 1. The van der Waals surface area contributed by atoms with Crippen LogP contribution in [-0.4, -0.2) is 13.1 Å². The highest BCUT2D eigenvalue weighted by Crippen LogP contribution is 2.43. The van der Waals surface area contributed by atoms with Crippen LogP contribution in [0.2, 0.25) is 0 Å². The summed E-state index contributed by atoms with van der Waals surface area (Å²) in [5.41, 5.74) is 9.74. The van der Waals surface area contributed by atoms with Crippen LogP contribution in [0.4, 0.5) is 5.69 Å². The van der Waals surface area contributed by atoms with Crippen molar-refractivity contribution >= 4 is 5.69 Å². The number of hydrogen-bond acceptors (Lipinski definition) is 4. The maximum absolute atomic E-state index is 9.57. The molecule has 4 heteroatoms. The number of fused-ring (bicyclic) bond motifs is 1. The molecular formula is C20H19N3O. The second-order valence-electron chi connectivity index (χ2n) is 6.25. The van der Waals surface area contributed by atoms with Gasteiger partial charge in [-0.3, -0.25) is 0 Å². The molecular weight excluding hydrogens is 298 g/mol. The van der Waals surface area contributed by atoms with E-state index < -0.39 is 0 Å². The third-order valence-corrected chi connectivity index (χ3v) is 4.81. The second kappa shape index (κ2) is 5.93. The highest BCUT2D eigenvalue weighted by molar-refractivity contribution is 5.61. The summed E-state index contributed by atoms with van der Waals surface area (Å²) < 4.78 is 5.80. The molecule has 0 aromatic heterocycles. The van der Waals surface area contributed by atoms with Crippen molar-refractivity contribution in [1.82, 2.24) is 0 Å². The number of ether oxygens (including phenoxy) is 1. The van der Waals surface area contributed by atoms with Gasteiger partial charge < -0.3 is 15.4 Å². The fourth-order valence-electron chi connectivity index (χ4n) is 3.60. The summed E-state index contributed by atoms with van der Waals surface area (Å²) in [5.74, 6) is 0.787. The Labute approximate surface area is 141 Å². The summed E-state index contributed by atoms with van der Waals surface area (Å²) >= 11 is 0. The quantitative estimate of drug-likeness (QED) is 0.921. The molecule has 0 amide bonds. The number of anilines is 1. The van der Waals surface area contributed by atoms with Gasteiger partial charge >= 0.3 is 0 Å². The van der Waals surface area contributed by atoms with Gasteiger partial charge in [0.25, 0.3) is 0 Å². The Bertz CT molecular complexity index is 830. The number of allylic oxidation sites excluding steroid dienone is 1. The van der Waals surface area contributed by atoms with Crippen LogP contribution in [0.1, 0.15) is 29.9 Å². The van der Waals surface area contributed by atoms with Gasteiger partial charge in [0.1, 0.15) is 17.4 Å². The van der Waals surface area contributed by atoms with Gasteiger partial charge in [-0.05, 0) is 24.5 Å². The van der Waals surface area contributed by atoms with E-state index >= 15 is 0 Å². The van der Waals surface area contributed by atoms with Crippen molar-refractivity contribution < 1.29 is 4.74 Å². The van der Waals surface area contributed by atoms with E-state index in [0.29, 0.717) is 5.57 Å². The first-order chi connectivity index (χ1) is 11.8. The van der Waals surface area contributed by atoms with Crippen molar-refractivity contribution in [1.29, 1.82) is 5.26 Å². The maximum Gasteiger partial charge on any atom is 0.205 e.